The quantitative estimate of drug-likeness (QED) is 0.745. The molecule has 0 fully saturated rings. The predicted octanol–water partition coefficient (Wildman–Crippen LogP) is 2.18. The highest BCUT2D eigenvalue weighted by Gasteiger charge is 2.04. The van der Waals surface area contributed by atoms with Gasteiger partial charge in [-0.1, -0.05) is 6.07 Å². The summed E-state index contributed by atoms with van der Waals surface area (Å²) in [6, 6.07) is 4.98. The molecule has 0 aliphatic rings. The van der Waals surface area contributed by atoms with E-state index >= 15 is 0 Å². The summed E-state index contributed by atoms with van der Waals surface area (Å²) < 4.78 is 13.1. The minimum atomic E-state index is -0.149. The van der Waals surface area contributed by atoms with E-state index in [9.17, 15) is 4.39 Å². The highest BCUT2D eigenvalue weighted by molar-refractivity contribution is 5.26. The monoisotopic (exact) mass is 224 g/mol. The molecule has 16 heavy (non-hydrogen) atoms. The maximum Gasteiger partial charge on any atom is 0.123 e. The van der Waals surface area contributed by atoms with Gasteiger partial charge in [0, 0.05) is 6.54 Å². The Hall–Kier alpha value is -0.930. The number of hydrogen-bond acceptors (Lipinski definition) is 2. The lowest BCUT2D eigenvalue weighted by Crippen LogP contribution is -2.22. The van der Waals surface area contributed by atoms with Gasteiger partial charge in [0.2, 0.25) is 0 Å². The largest absolute Gasteiger partial charge is 0.320 e. The Kier molecular flexibility index (Phi) is 5.43. The third kappa shape index (κ3) is 4.29. The van der Waals surface area contributed by atoms with Crippen LogP contribution in [0.4, 0.5) is 4.39 Å². The molecule has 1 aromatic carbocycles. The van der Waals surface area contributed by atoms with Crippen LogP contribution in [0.3, 0.4) is 0 Å². The lowest BCUT2D eigenvalue weighted by atomic mass is 10.1. The summed E-state index contributed by atoms with van der Waals surface area (Å²) >= 11 is 0. The van der Waals surface area contributed by atoms with Gasteiger partial charge in [0.25, 0.3) is 0 Å². The van der Waals surface area contributed by atoms with Gasteiger partial charge in [0.1, 0.15) is 5.82 Å². The Balaban J connectivity index is 2.48. The van der Waals surface area contributed by atoms with Crippen molar-refractivity contribution >= 4 is 0 Å². The third-order valence-corrected chi connectivity index (χ3v) is 2.72. The molecule has 2 nitrogen and oxygen atoms in total. The highest BCUT2D eigenvalue weighted by Crippen LogP contribution is 2.12. The van der Waals surface area contributed by atoms with Crippen molar-refractivity contribution in [2.75, 3.05) is 27.2 Å². The van der Waals surface area contributed by atoms with Crippen LogP contribution in [-0.2, 0) is 6.54 Å². The first-order valence-corrected chi connectivity index (χ1v) is 5.71. The second-order valence-corrected chi connectivity index (χ2v) is 4.27. The molecular formula is C13H21FN2. The van der Waals surface area contributed by atoms with E-state index in [4.69, 9.17) is 0 Å². The molecule has 0 aromatic heterocycles. The van der Waals surface area contributed by atoms with E-state index in [-0.39, 0.29) is 5.82 Å². The smallest absolute Gasteiger partial charge is 0.123 e. The van der Waals surface area contributed by atoms with Gasteiger partial charge in [0.05, 0.1) is 0 Å². The molecule has 0 saturated heterocycles. The topological polar surface area (TPSA) is 15.3 Å². The van der Waals surface area contributed by atoms with Crippen molar-refractivity contribution in [2.45, 2.75) is 19.9 Å². The molecule has 0 aliphatic carbocycles. The van der Waals surface area contributed by atoms with E-state index in [0.717, 1.165) is 37.2 Å². The van der Waals surface area contributed by atoms with Crippen LogP contribution in [0.15, 0.2) is 18.2 Å². The molecule has 0 heterocycles. The van der Waals surface area contributed by atoms with Crippen LogP contribution in [0.1, 0.15) is 17.5 Å². The maximum atomic E-state index is 13.1. The average Bonchev–Trinajstić information content (AvgIpc) is 2.24. The number of benzene rings is 1. The number of nitrogens with zero attached hydrogens (tertiary/aromatic N) is 1. The predicted molar refractivity (Wildman–Crippen MR) is 66.0 cm³/mol. The summed E-state index contributed by atoms with van der Waals surface area (Å²) in [6.45, 7) is 4.88. The van der Waals surface area contributed by atoms with Crippen LogP contribution in [0.25, 0.3) is 0 Å². The van der Waals surface area contributed by atoms with Crippen LogP contribution in [0, 0.1) is 12.7 Å². The third-order valence-electron chi connectivity index (χ3n) is 2.72. The lowest BCUT2D eigenvalue weighted by molar-refractivity contribution is 0.320. The van der Waals surface area contributed by atoms with Gasteiger partial charge < -0.3 is 10.2 Å². The SMILES string of the molecule is CNCCCN(C)Cc1cc(F)ccc1C. The lowest BCUT2D eigenvalue weighted by Gasteiger charge is -2.17. The minimum absolute atomic E-state index is 0.149. The average molecular weight is 224 g/mol. The van der Waals surface area contributed by atoms with Crippen molar-refractivity contribution in [2.24, 2.45) is 0 Å². The highest BCUT2D eigenvalue weighted by atomic mass is 19.1. The second-order valence-electron chi connectivity index (χ2n) is 4.27. The molecule has 0 radical (unpaired) electrons. The Morgan fingerprint density at radius 1 is 1.38 bits per heavy atom. The van der Waals surface area contributed by atoms with E-state index in [1.54, 1.807) is 6.07 Å². The first kappa shape index (κ1) is 13.1. The fourth-order valence-corrected chi connectivity index (χ4v) is 1.71. The van der Waals surface area contributed by atoms with Crippen molar-refractivity contribution in [3.8, 4) is 0 Å². The van der Waals surface area contributed by atoms with Crippen molar-refractivity contribution < 1.29 is 4.39 Å². The second kappa shape index (κ2) is 6.61. The summed E-state index contributed by atoms with van der Waals surface area (Å²) in [4.78, 5) is 2.22. The normalized spacial score (nSPS) is 11.1. The molecule has 0 aliphatic heterocycles. The van der Waals surface area contributed by atoms with Gasteiger partial charge in [-0.2, -0.15) is 0 Å². The summed E-state index contributed by atoms with van der Waals surface area (Å²) in [6.07, 6.45) is 1.11. The molecule has 0 amide bonds. The zero-order valence-corrected chi connectivity index (χ0v) is 10.4. The molecule has 0 unspecified atom stereocenters. The zero-order valence-electron chi connectivity index (χ0n) is 10.4. The van der Waals surface area contributed by atoms with Gasteiger partial charge in [0.15, 0.2) is 0 Å². The molecule has 1 aromatic rings. The molecular weight excluding hydrogens is 203 g/mol. The number of halogens is 1. The molecule has 0 atom stereocenters. The molecule has 90 valence electrons. The van der Waals surface area contributed by atoms with E-state index < -0.39 is 0 Å². The number of nitrogens with one attached hydrogen (secondary N) is 1. The van der Waals surface area contributed by atoms with Crippen LogP contribution in [-0.4, -0.2) is 32.1 Å². The number of hydrogen-bond donors (Lipinski definition) is 1. The van der Waals surface area contributed by atoms with E-state index in [0.29, 0.717) is 0 Å². The fourth-order valence-electron chi connectivity index (χ4n) is 1.71. The van der Waals surface area contributed by atoms with Crippen LogP contribution in [0.2, 0.25) is 0 Å². The maximum absolute atomic E-state index is 13.1. The van der Waals surface area contributed by atoms with Crippen LogP contribution < -0.4 is 5.32 Å². The molecule has 1 rings (SSSR count). The van der Waals surface area contributed by atoms with Gasteiger partial charge in [-0.3, -0.25) is 0 Å². The zero-order chi connectivity index (χ0) is 12.0. The van der Waals surface area contributed by atoms with E-state index in [1.165, 1.54) is 6.07 Å². The van der Waals surface area contributed by atoms with Crippen LogP contribution in [0.5, 0.6) is 0 Å². The van der Waals surface area contributed by atoms with Crippen LogP contribution >= 0.6 is 0 Å². The summed E-state index contributed by atoms with van der Waals surface area (Å²) in [7, 11) is 4.02. The van der Waals surface area contributed by atoms with Crippen molar-refractivity contribution in [1.29, 1.82) is 0 Å². The van der Waals surface area contributed by atoms with Gasteiger partial charge in [-0.15, -0.1) is 0 Å². The Labute approximate surface area is 97.5 Å². The molecule has 0 spiro atoms. The van der Waals surface area contributed by atoms with Gasteiger partial charge in [-0.05, 0) is 63.8 Å². The summed E-state index contributed by atoms with van der Waals surface area (Å²) in [5.41, 5.74) is 2.23. The Morgan fingerprint density at radius 2 is 2.12 bits per heavy atom. The Bertz CT molecular complexity index is 326. The standard InChI is InChI=1S/C13H21FN2/c1-11-5-6-13(14)9-12(11)10-16(3)8-4-7-15-2/h5-6,9,15H,4,7-8,10H2,1-3H3. The van der Waals surface area contributed by atoms with Gasteiger partial charge >= 0.3 is 0 Å². The molecule has 1 N–H and O–H groups in total. The summed E-state index contributed by atoms with van der Waals surface area (Å²) in [5.74, 6) is -0.149. The molecule has 0 bridgehead atoms. The first-order chi connectivity index (χ1) is 7.63. The Morgan fingerprint density at radius 3 is 2.81 bits per heavy atom. The van der Waals surface area contributed by atoms with Gasteiger partial charge in [-0.25, -0.2) is 4.39 Å². The van der Waals surface area contributed by atoms with Crippen molar-refractivity contribution in [3.63, 3.8) is 0 Å². The summed E-state index contributed by atoms with van der Waals surface area (Å²) in [5, 5.41) is 3.12. The number of rotatable bonds is 6. The van der Waals surface area contributed by atoms with Crippen molar-refractivity contribution in [1.82, 2.24) is 10.2 Å². The first-order valence-electron chi connectivity index (χ1n) is 5.71. The molecule has 0 saturated carbocycles. The van der Waals surface area contributed by atoms with E-state index in [2.05, 4.69) is 17.3 Å². The minimum Gasteiger partial charge on any atom is -0.320 e. The van der Waals surface area contributed by atoms with E-state index in [1.807, 2.05) is 20.0 Å². The number of aryl methyl sites for hydroxylation is 1. The van der Waals surface area contributed by atoms with Crippen molar-refractivity contribution in [3.05, 3.63) is 35.1 Å². The fraction of sp³-hybridized carbons (Fsp3) is 0.538. The molecule has 3 heteroatoms.